The van der Waals surface area contributed by atoms with Gasteiger partial charge < -0.3 is 19.3 Å². The Morgan fingerprint density at radius 2 is 1.87 bits per heavy atom. The molecule has 164 valence electrons. The largest absolute Gasteiger partial charge is 0.491 e. The average molecular weight is 413 g/mol. The van der Waals surface area contributed by atoms with Crippen molar-refractivity contribution in [1.29, 1.82) is 0 Å². The van der Waals surface area contributed by atoms with Crippen molar-refractivity contribution >= 4 is 5.91 Å². The predicted molar refractivity (Wildman–Crippen MR) is 117 cm³/mol. The first-order chi connectivity index (χ1) is 14.5. The molecule has 1 saturated carbocycles. The molecule has 3 aliphatic heterocycles. The van der Waals surface area contributed by atoms with E-state index in [4.69, 9.17) is 9.47 Å². The molecule has 30 heavy (non-hydrogen) atoms. The van der Waals surface area contributed by atoms with Crippen LogP contribution in [0.1, 0.15) is 57.4 Å². The lowest BCUT2D eigenvalue weighted by molar-refractivity contribution is -0.161. The van der Waals surface area contributed by atoms with E-state index in [2.05, 4.69) is 47.9 Å². The van der Waals surface area contributed by atoms with Crippen molar-refractivity contribution in [2.45, 2.75) is 64.0 Å². The third-order valence-corrected chi connectivity index (χ3v) is 7.80. The van der Waals surface area contributed by atoms with Gasteiger partial charge >= 0.3 is 0 Å². The Labute approximate surface area is 180 Å². The van der Waals surface area contributed by atoms with E-state index in [1.54, 1.807) is 0 Å². The number of hydrogen-bond donors (Lipinski definition) is 0. The first-order valence-corrected chi connectivity index (χ1v) is 11.9. The summed E-state index contributed by atoms with van der Waals surface area (Å²) < 4.78 is 11.3. The van der Waals surface area contributed by atoms with Crippen molar-refractivity contribution in [3.63, 3.8) is 0 Å². The molecule has 1 atom stereocenters. The summed E-state index contributed by atoms with van der Waals surface area (Å²) in [6.07, 6.45) is 6.50. The molecule has 1 aromatic rings. The Balaban J connectivity index is 1.13. The minimum absolute atomic E-state index is 0.140. The van der Waals surface area contributed by atoms with Crippen molar-refractivity contribution in [3.05, 3.63) is 29.8 Å². The summed E-state index contributed by atoms with van der Waals surface area (Å²) in [6, 6.07) is 9.32. The first kappa shape index (κ1) is 20.3. The van der Waals surface area contributed by atoms with Crippen LogP contribution >= 0.6 is 0 Å². The molecular weight excluding hydrogens is 376 g/mol. The van der Waals surface area contributed by atoms with Crippen LogP contribution in [0.3, 0.4) is 0 Å². The Morgan fingerprint density at radius 3 is 2.53 bits per heavy atom. The lowest BCUT2D eigenvalue weighted by Gasteiger charge is -2.50. The van der Waals surface area contributed by atoms with Gasteiger partial charge in [-0.1, -0.05) is 18.2 Å². The highest BCUT2D eigenvalue weighted by molar-refractivity contribution is 5.80. The van der Waals surface area contributed by atoms with E-state index in [1.807, 2.05) is 0 Å². The van der Waals surface area contributed by atoms with E-state index in [1.165, 1.54) is 50.8 Å². The zero-order valence-electron chi connectivity index (χ0n) is 18.5. The van der Waals surface area contributed by atoms with Crippen molar-refractivity contribution in [2.24, 2.45) is 11.3 Å². The number of ether oxygens (including phenoxy) is 2. The second-order valence-electron chi connectivity index (χ2n) is 10.3. The van der Waals surface area contributed by atoms with Gasteiger partial charge in [0.25, 0.3) is 0 Å². The van der Waals surface area contributed by atoms with Crippen LogP contribution in [0.5, 0.6) is 5.75 Å². The van der Waals surface area contributed by atoms with Gasteiger partial charge in [0.05, 0.1) is 25.2 Å². The number of piperidine rings is 1. The van der Waals surface area contributed by atoms with Gasteiger partial charge in [0.1, 0.15) is 5.75 Å². The summed E-state index contributed by atoms with van der Waals surface area (Å²) in [5.41, 5.74) is 1.79. The first-order valence-electron chi connectivity index (χ1n) is 11.9. The fourth-order valence-electron chi connectivity index (χ4n) is 6.09. The number of carbonyl (C=O) groups is 1. The topological polar surface area (TPSA) is 42.0 Å². The minimum Gasteiger partial charge on any atom is -0.491 e. The normalized spacial score (nSPS) is 27.3. The molecule has 5 nitrogen and oxygen atoms in total. The van der Waals surface area contributed by atoms with Gasteiger partial charge in [-0.25, -0.2) is 0 Å². The van der Waals surface area contributed by atoms with E-state index in [9.17, 15) is 4.79 Å². The maximum atomic E-state index is 12.4. The van der Waals surface area contributed by atoms with Crippen LogP contribution in [0, 0.1) is 11.3 Å². The van der Waals surface area contributed by atoms with E-state index in [-0.39, 0.29) is 12.0 Å². The number of benzene rings is 1. The summed E-state index contributed by atoms with van der Waals surface area (Å²) in [7, 11) is 0. The molecular formula is C25H36N2O3. The van der Waals surface area contributed by atoms with Crippen molar-refractivity contribution in [3.8, 4) is 5.75 Å². The molecule has 0 N–H and O–H groups in total. The van der Waals surface area contributed by atoms with Gasteiger partial charge in [-0.05, 0) is 76.6 Å². The van der Waals surface area contributed by atoms with Gasteiger partial charge in [0, 0.05) is 24.5 Å². The number of hydrogen-bond acceptors (Lipinski definition) is 4. The van der Waals surface area contributed by atoms with Crippen LogP contribution in [-0.4, -0.2) is 67.2 Å². The van der Waals surface area contributed by atoms with Crippen LogP contribution < -0.4 is 4.74 Å². The van der Waals surface area contributed by atoms with Gasteiger partial charge in [0.2, 0.25) is 5.91 Å². The molecule has 5 heteroatoms. The molecule has 1 amide bonds. The van der Waals surface area contributed by atoms with Crippen LogP contribution in [0.2, 0.25) is 0 Å². The lowest BCUT2D eigenvalue weighted by atomic mass is 9.77. The monoisotopic (exact) mass is 412 g/mol. The second kappa shape index (κ2) is 8.16. The van der Waals surface area contributed by atoms with Gasteiger partial charge in [0.15, 0.2) is 0 Å². The van der Waals surface area contributed by atoms with Crippen molar-refractivity contribution in [2.75, 3.05) is 39.4 Å². The predicted octanol–water partition coefficient (Wildman–Crippen LogP) is 3.68. The number of likely N-dealkylation sites (tertiary alicyclic amines) is 2. The summed E-state index contributed by atoms with van der Waals surface area (Å²) in [5, 5.41) is 0. The smallest absolute Gasteiger partial charge is 0.230 e. The Hall–Kier alpha value is -1.59. The second-order valence-corrected chi connectivity index (χ2v) is 10.3. The molecule has 0 bridgehead atoms. The zero-order valence-corrected chi connectivity index (χ0v) is 18.5. The van der Waals surface area contributed by atoms with Crippen LogP contribution in [0.4, 0.5) is 0 Å². The highest BCUT2D eigenvalue weighted by atomic mass is 16.5. The van der Waals surface area contributed by atoms with E-state index < -0.39 is 0 Å². The van der Waals surface area contributed by atoms with Crippen LogP contribution in [-0.2, 0) is 9.53 Å². The zero-order chi connectivity index (χ0) is 20.7. The van der Waals surface area contributed by atoms with E-state index in [0.29, 0.717) is 36.5 Å². The highest BCUT2D eigenvalue weighted by Gasteiger charge is 2.52. The molecule has 5 rings (SSSR count). The molecule has 1 unspecified atom stereocenters. The summed E-state index contributed by atoms with van der Waals surface area (Å²) in [6.45, 7) is 9.79. The quantitative estimate of drug-likeness (QED) is 0.740. The molecule has 4 fully saturated rings. The van der Waals surface area contributed by atoms with Crippen LogP contribution in [0.25, 0.3) is 0 Å². The van der Waals surface area contributed by atoms with Crippen molar-refractivity contribution in [1.82, 2.24) is 9.80 Å². The Morgan fingerprint density at radius 1 is 1.13 bits per heavy atom. The number of para-hydroxylation sites is 1. The van der Waals surface area contributed by atoms with Crippen LogP contribution in [0.15, 0.2) is 24.3 Å². The van der Waals surface area contributed by atoms with Gasteiger partial charge in [-0.3, -0.25) is 4.79 Å². The number of carbonyl (C=O) groups excluding carboxylic acids is 1. The fraction of sp³-hybridized carbons (Fsp3) is 0.720. The molecule has 4 aliphatic rings. The summed E-state index contributed by atoms with van der Waals surface area (Å²) >= 11 is 0. The fourth-order valence-corrected chi connectivity index (χ4v) is 6.09. The molecule has 3 saturated heterocycles. The average Bonchev–Trinajstić information content (AvgIpc) is 3.11. The molecule has 1 aromatic carbocycles. The van der Waals surface area contributed by atoms with Gasteiger partial charge in [-0.15, -0.1) is 0 Å². The molecule has 1 aliphatic carbocycles. The SMILES string of the molecule is CC(C)Oc1ccccc1C1CCN(C2CCC3(C2)CN(C(=O)C2COC2)C3)CC1. The minimum atomic E-state index is 0.140. The molecule has 0 radical (unpaired) electrons. The third-order valence-electron chi connectivity index (χ3n) is 7.80. The van der Waals surface area contributed by atoms with E-state index >= 15 is 0 Å². The Kier molecular flexibility index (Phi) is 5.53. The highest BCUT2D eigenvalue weighted by Crippen LogP contribution is 2.48. The number of amides is 1. The summed E-state index contributed by atoms with van der Waals surface area (Å²) in [4.78, 5) is 17.2. The third kappa shape index (κ3) is 3.87. The standard InChI is InChI=1S/C25H36N2O3/c1-18(2)30-23-6-4-3-5-22(23)19-8-11-26(12-9-19)21-7-10-25(13-21)16-27(17-25)24(28)20-14-29-15-20/h3-6,18-21H,7-17H2,1-2H3. The van der Waals surface area contributed by atoms with Gasteiger partial charge in [-0.2, -0.15) is 0 Å². The maximum Gasteiger partial charge on any atom is 0.230 e. The maximum absolute atomic E-state index is 12.4. The molecule has 0 aromatic heterocycles. The van der Waals surface area contributed by atoms with Crippen molar-refractivity contribution < 1.29 is 14.3 Å². The molecule has 3 heterocycles. The summed E-state index contributed by atoms with van der Waals surface area (Å²) in [5.74, 6) is 2.15. The Bertz CT molecular complexity index is 761. The lowest BCUT2D eigenvalue weighted by Crippen LogP contribution is -2.61. The molecule has 1 spiro atoms. The van der Waals surface area contributed by atoms with E-state index in [0.717, 1.165) is 18.8 Å². The number of nitrogens with zero attached hydrogens (tertiary/aromatic N) is 2. The number of rotatable bonds is 5.